The van der Waals surface area contributed by atoms with Crippen LogP contribution in [0.25, 0.3) is 0 Å². The first kappa shape index (κ1) is 17.1. The van der Waals surface area contributed by atoms with Crippen molar-refractivity contribution in [1.82, 2.24) is 0 Å². The Bertz CT molecular complexity index is 467. The second kappa shape index (κ2) is 7.70. The first-order valence-corrected chi connectivity index (χ1v) is 7.33. The van der Waals surface area contributed by atoms with E-state index in [1.54, 1.807) is 6.07 Å². The highest BCUT2D eigenvalue weighted by Gasteiger charge is 2.27. The average molecular weight is 324 g/mol. The first-order chi connectivity index (χ1) is 9.35. The van der Waals surface area contributed by atoms with E-state index in [2.05, 4.69) is 10.1 Å². The molecule has 1 aromatic carbocycles. The molecule has 8 heteroatoms. The molecule has 0 aliphatic carbocycles. The molecule has 0 aliphatic heterocycles. The predicted molar refractivity (Wildman–Crippen MR) is 79.5 cm³/mol. The summed E-state index contributed by atoms with van der Waals surface area (Å²) in [6.07, 6.45) is -2.41. The number of anilines is 1. The lowest BCUT2D eigenvalue weighted by atomic mass is 10.1. The Morgan fingerprint density at radius 3 is 2.70 bits per heavy atom. The van der Waals surface area contributed by atoms with Crippen LogP contribution in [0.4, 0.5) is 18.9 Å². The summed E-state index contributed by atoms with van der Waals surface area (Å²) < 4.78 is 40.2. The van der Waals surface area contributed by atoms with E-state index in [1.807, 2.05) is 18.4 Å². The van der Waals surface area contributed by atoms with Crippen molar-refractivity contribution < 1.29 is 17.9 Å². The van der Waals surface area contributed by atoms with Gasteiger partial charge in [-0.3, -0.25) is 0 Å². The first-order valence-electron chi connectivity index (χ1n) is 5.70. The minimum absolute atomic E-state index is 0.0558. The molecule has 0 fully saturated rings. The van der Waals surface area contributed by atoms with Crippen molar-refractivity contribution in [1.29, 1.82) is 0 Å². The number of nitrogens with two attached hydrogens (primary N) is 1. The third kappa shape index (κ3) is 5.56. The molecule has 0 aromatic heterocycles. The zero-order chi connectivity index (χ0) is 15.2. The maximum absolute atomic E-state index is 11.9. The lowest BCUT2D eigenvalue weighted by Crippen LogP contribution is -2.21. The highest BCUT2D eigenvalue weighted by Crippen LogP contribution is 2.27. The third-order valence-corrected chi connectivity index (χ3v) is 3.30. The SMILES string of the molecule is CSc1cccc(NCCOCC(F)(F)F)c1C(N)=S. The molecule has 1 rings (SSSR count). The Morgan fingerprint density at radius 1 is 1.45 bits per heavy atom. The highest BCUT2D eigenvalue weighted by molar-refractivity contribution is 7.98. The molecule has 1 aromatic rings. The van der Waals surface area contributed by atoms with Crippen LogP contribution >= 0.6 is 24.0 Å². The molecule has 0 heterocycles. The molecule has 3 nitrogen and oxygen atoms in total. The molecule has 0 unspecified atom stereocenters. The summed E-state index contributed by atoms with van der Waals surface area (Å²) in [5.74, 6) is 0. The van der Waals surface area contributed by atoms with Crippen LogP contribution in [0.3, 0.4) is 0 Å². The van der Waals surface area contributed by atoms with Crippen LogP contribution in [0.2, 0.25) is 0 Å². The van der Waals surface area contributed by atoms with E-state index in [9.17, 15) is 13.2 Å². The van der Waals surface area contributed by atoms with Crippen LogP contribution < -0.4 is 11.1 Å². The van der Waals surface area contributed by atoms with Crippen molar-refractivity contribution in [2.75, 3.05) is 31.3 Å². The molecule has 3 N–H and O–H groups in total. The van der Waals surface area contributed by atoms with Crippen LogP contribution in [0.15, 0.2) is 23.1 Å². The predicted octanol–water partition coefficient (Wildman–Crippen LogP) is 3.03. The maximum atomic E-state index is 11.9. The maximum Gasteiger partial charge on any atom is 0.411 e. The highest BCUT2D eigenvalue weighted by atomic mass is 32.2. The molecule has 0 amide bonds. The second-order valence-electron chi connectivity index (χ2n) is 3.84. The van der Waals surface area contributed by atoms with Gasteiger partial charge in [0.1, 0.15) is 11.6 Å². The summed E-state index contributed by atoms with van der Waals surface area (Å²) in [4.78, 5) is 1.16. The molecular formula is C12H15F3N2OS2. The van der Waals surface area contributed by atoms with Gasteiger partial charge in [0.05, 0.1) is 6.61 Å². The number of thiocarbonyl (C=S) groups is 1. The quantitative estimate of drug-likeness (QED) is 0.459. The summed E-state index contributed by atoms with van der Waals surface area (Å²) in [5, 5.41) is 2.98. The standard InChI is InChI=1S/C12H15F3N2OS2/c1-20-9-4-2-3-8(10(9)11(16)19)17-5-6-18-7-12(13,14)15/h2-4,17H,5-7H2,1H3,(H2,16,19). The molecule has 0 saturated heterocycles. The van der Waals surface area contributed by atoms with Gasteiger partial charge in [0.15, 0.2) is 0 Å². The van der Waals surface area contributed by atoms with Gasteiger partial charge in [-0.05, 0) is 18.4 Å². The van der Waals surface area contributed by atoms with Gasteiger partial charge in [-0.15, -0.1) is 11.8 Å². The molecule has 0 atom stereocenters. The Morgan fingerprint density at radius 2 is 2.15 bits per heavy atom. The van der Waals surface area contributed by atoms with E-state index in [0.717, 1.165) is 4.90 Å². The summed E-state index contributed by atoms with van der Waals surface area (Å²) in [7, 11) is 0. The average Bonchev–Trinajstić information content (AvgIpc) is 2.36. The van der Waals surface area contributed by atoms with Gasteiger partial charge < -0.3 is 15.8 Å². The van der Waals surface area contributed by atoms with E-state index < -0.39 is 12.8 Å². The number of rotatable bonds is 7. The zero-order valence-electron chi connectivity index (χ0n) is 10.8. The molecule has 0 radical (unpaired) electrons. The van der Waals surface area contributed by atoms with Gasteiger partial charge in [-0.1, -0.05) is 18.3 Å². The fourth-order valence-corrected chi connectivity index (χ4v) is 2.47. The van der Waals surface area contributed by atoms with Crippen LogP contribution in [0.5, 0.6) is 0 Å². The molecular weight excluding hydrogens is 309 g/mol. The van der Waals surface area contributed by atoms with Gasteiger partial charge >= 0.3 is 6.18 Å². The van der Waals surface area contributed by atoms with E-state index in [0.29, 0.717) is 11.3 Å². The van der Waals surface area contributed by atoms with Crippen molar-refractivity contribution >= 4 is 34.7 Å². The zero-order valence-corrected chi connectivity index (χ0v) is 12.4. The third-order valence-electron chi connectivity index (χ3n) is 2.32. The summed E-state index contributed by atoms with van der Waals surface area (Å²) in [5.41, 5.74) is 7.07. The van der Waals surface area contributed by atoms with Gasteiger partial charge in [0, 0.05) is 22.7 Å². The minimum atomic E-state index is -4.30. The topological polar surface area (TPSA) is 47.3 Å². The second-order valence-corrected chi connectivity index (χ2v) is 5.13. The van der Waals surface area contributed by atoms with Crippen molar-refractivity contribution in [2.24, 2.45) is 5.73 Å². The molecule has 0 saturated carbocycles. The largest absolute Gasteiger partial charge is 0.411 e. The summed E-state index contributed by atoms with van der Waals surface area (Å²) in [6, 6.07) is 5.48. The monoisotopic (exact) mass is 324 g/mol. The molecule has 0 bridgehead atoms. The van der Waals surface area contributed by atoms with Gasteiger partial charge in [-0.2, -0.15) is 13.2 Å². The normalized spacial score (nSPS) is 11.4. The van der Waals surface area contributed by atoms with Crippen molar-refractivity contribution in [3.8, 4) is 0 Å². The van der Waals surface area contributed by atoms with E-state index in [-0.39, 0.29) is 18.1 Å². The van der Waals surface area contributed by atoms with E-state index in [4.69, 9.17) is 18.0 Å². The van der Waals surface area contributed by atoms with Crippen molar-refractivity contribution in [3.05, 3.63) is 23.8 Å². The number of benzene rings is 1. The van der Waals surface area contributed by atoms with Crippen LogP contribution in [0, 0.1) is 0 Å². The number of hydrogen-bond donors (Lipinski definition) is 2. The Hall–Kier alpha value is -0.990. The Labute approximate surface area is 125 Å². The molecule has 0 spiro atoms. The fraction of sp³-hybridized carbons (Fsp3) is 0.417. The summed E-state index contributed by atoms with van der Waals surface area (Å²) in [6.45, 7) is -1.06. The van der Waals surface area contributed by atoms with Gasteiger partial charge in [-0.25, -0.2) is 0 Å². The number of alkyl halides is 3. The fourth-order valence-electron chi connectivity index (χ4n) is 1.55. The number of hydrogen-bond acceptors (Lipinski definition) is 4. The lowest BCUT2D eigenvalue weighted by molar-refractivity contribution is -0.172. The molecule has 0 aliphatic rings. The Balaban J connectivity index is 2.58. The van der Waals surface area contributed by atoms with E-state index in [1.165, 1.54) is 11.8 Å². The van der Waals surface area contributed by atoms with Crippen molar-refractivity contribution in [2.45, 2.75) is 11.1 Å². The number of ether oxygens (including phenoxy) is 1. The van der Waals surface area contributed by atoms with Crippen LogP contribution in [-0.4, -0.2) is 37.2 Å². The Kier molecular flexibility index (Phi) is 6.57. The minimum Gasteiger partial charge on any atom is -0.389 e. The summed E-state index contributed by atoms with van der Waals surface area (Å²) >= 11 is 6.50. The van der Waals surface area contributed by atoms with Gasteiger partial charge in [0.2, 0.25) is 0 Å². The number of thioether (sulfide) groups is 1. The van der Waals surface area contributed by atoms with Gasteiger partial charge in [0.25, 0.3) is 0 Å². The van der Waals surface area contributed by atoms with Crippen molar-refractivity contribution in [3.63, 3.8) is 0 Å². The number of halogens is 3. The van der Waals surface area contributed by atoms with Crippen LogP contribution in [0.1, 0.15) is 5.56 Å². The van der Waals surface area contributed by atoms with Crippen LogP contribution in [-0.2, 0) is 4.74 Å². The van der Waals surface area contributed by atoms with E-state index >= 15 is 0 Å². The molecule has 20 heavy (non-hydrogen) atoms. The lowest BCUT2D eigenvalue weighted by Gasteiger charge is -2.14. The number of nitrogens with one attached hydrogen (secondary N) is 1. The molecule has 112 valence electrons. The smallest absolute Gasteiger partial charge is 0.389 e.